The van der Waals surface area contributed by atoms with Gasteiger partial charge in [0.05, 0.1) is 0 Å². The Morgan fingerprint density at radius 3 is 1.50 bits per heavy atom. The molecule has 0 unspecified atom stereocenters. The van der Waals surface area contributed by atoms with Crippen molar-refractivity contribution in [2.45, 2.75) is 0 Å². The molecule has 2 aromatic carbocycles. The predicted octanol–water partition coefficient (Wildman–Crippen LogP) is 4.13. The van der Waals surface area contributed by atoms with E-state index in [2.05, 4.69) is 37.4 Å². The SMILES string of the molecule is C=Cc1cccc2c(C=C)cccc12. The molecule has 0 fully saturated rings. The molecule has 2 aromatic rings. The van der Waals surface area contributed by atoms with Crippen LogP contribution in [-0.2, 0) is 0 Å². The normalized spacial score (nSPS) is 10.0. The van der Waals surface area contributed by atoms with E-state index in [0.717, 1.165) is 0 Å². The van der Waals surface area contributed by atoms with Crippen LogP contribution in [0.1, 0.15) is 11.1 Å². The summed E-state index contributed by atoms with van der Waals surface area (Å²) in [4.78, 5) is 0. The first kappa shape index (κ1) is 8.76. The summed E-state index contributed by atoms with van der Waals surface area (Å²) in [6.07, 6.45) is 3.77. The van der Waals surface area contributed by atoms with Crippen LogP contribution >= 0.6 is 0 Å². The maximum Gasteiger partial charge on any atom is -0.0106 e. The van der Waals surface area contributed by atoms with E-state index in [1.165, 1.54) is 21.9 Å². The lowest BCUT2D eigenvalue weighted by molar-refractivity contribution is 1.69. The highest BCUT2D eigenvalue weighted by Crippen LogP contribution is 2.23. The lowest BCUT2D eigenvalue weighted by Crippen LogP contribution is -1.80. The fraction of sp³-hybridized carbons (Fsp3) is 0. The number of hydrogen-bond donors (Lipinski definition) is 0. The molecule has 0 aliphatic heterocycles. The molecule has 0 radical (unpaired) electrons. The Labute approximate surface area is 84.2 Å². The first-order valence-electron chi connectivity index (χ1n) is 4.63. The van der Waals surface area contributed by atoms with Gasteiger partial charge in [-0.2, -0.15) is 0 Å². The van der Waals surface area contributed by atoms with Crippen molar-refractivity contribution in [1.29, 1.82) is 0 Å². The molecule has 0 aliphatic carbocycles. The Hall–Kier alpha value is -1.82. The van der Waals surface area contributed by atoms with Gasteiger partial charge in [0.2, 0.25) is 0 Å². The molecule has 0 aromatic heterocycles. The molecule has 0 heteroatoms. The van der Waals surface area contributed by atoms with E-state index in [9.17, 15) is 0 Å². The van der Waals surface area contributed by atoms with E-state index < -0.39 is 0 Å². The van der Waals surface area contributed by atoms with Crippen LogP contribution in [0.2, 0.25) is 0 Å². The number of fused-ring (bicyclic) bond motifs is 1. The maximum atomic E-state index is 3.81. The van der Waals surface area contributed by atoms with Crippen LogP contribution in [0.3, 0.4) is 0 Å². The average molecular weight is 180 g/mol. The highest BCUT2D eigenvalue weighted by atomic mass is 14.0. The molecule has 14 heavy (non-hydrogen) atoms. The standard InChI is InChI=1S/C14H12/c1-3-11-7-5-10-14-12(4-2)8-6-9-13(11)14/h3-10H,1-2H2. The molecule has 68 valence electrons. The summed E-state index contributed by atoms with van der Waals surface area (Å²) in [5.74, 6) is 0. The molecule has 0 spiro atoms. The summed E-state index contributed by atoms with van der Waals surface area (Å²) in [6, 6.07) is 12.5. The lowest BCUT2D eigenvalue weighted by atomic mass is 10.0. The predicted molar refractivity (Wildman–Crippen MR) is 64.1 cm³/mol. The molecule has 0 saturated carbocycles. The van der Waals surface area contributed by atoms with Gasteiger partial charge in [-0.1, -0.05) is 61.7 Å². The molecule has 2 rings (SSSR count). The van der Waals surface area contributed by atoms with Crippen molar-refractivity contribution in [2.75, 3.05) is 0 Å². The van der Waals surface area contributed by atoms with Gasteiger partial charge in [0, 0.05) is 0 Å². The average Bonchev–Trinajstić information content (AvgIpc) is 2.27. The van der Waals surface area contributed by atoms with Crippen LogP contribution in [0.5, 0.6) is 0 Å². The summed E-state index contributed by atoms with van der Waals surface area (Å²) in [7, 11) is 0. The Morgan fingerprint density at radius 1 is 0.714 bits per heavy atom. The Bertz CT molecular complexity index is 445. The molecule has 0 bridgehead atoms. The second-order valence-corrected chi connectivity index (χ2v) is 3.20. The summed E-state index contributed by atoms with van der Waals surface area (Å²) < 4.78 is 0. The van der Waals surface area contributed by atoms with E-state index in [0.29, 0.717) is 0 Å². The third-order valence-electron chi connectivity index (χ3n) is 2.43. The second-order valence-electron chi connectivity index (χ2n) is 3.20. The van der Waals surface area contributed by atoms with Crippen LogP contribution in [0.15, 0.2) is 49.6 Å². The lowest BCUT2D eigenvalue weighted by Gasteiger charge is -2.04. The first-order valence-corrected chi connectivity index (χ1v) is 4.63. The van der Waals surface area contributed by atoms with Gasteiger partial charge in [0.15, 0.2) is 0 Å². The van der Waals surface area contributed by atoms with Crippen molar-refractivity contribution in [3.8, 4) is 0 Å². The second kappa shape index (κ2) is 3.51. The van der Waals surface area contributed by atoms with Gasteiger partial charge in [-0.25, -0.2) is 0 Å². The fourth-order valence-corrected chi connectivity index (χ4v) is 1.71. The monoisotopic (exact) mass is 180 g/mol. The van der Waals surface area contributed by atoms with E-state index in [1.54, 1.807) is 0 Å². The molecule has 0 nitrogen and oxygen atoms in total. The molecular formula is C14H12. The third kappa shape index (κ3) is 1.25. The highest BCUT2D eigenvalue weighted by Gasteiger charge is 1.99. The quantitative estimate of drug-likeness (QED) is 0.652. The summed E-state index contributed by atoms with van der Waals surface area (Å²) >= 11 is 0. The van der Waals surface area contributed by atoms with Gasteiger partial charge in [0.25, 0.3) is 0 Å². The zero-order valence-corrected chi connectivity index (χ0v) is 8.03. The maximum absolute atomic E-state index is 3.81. The largest absolute Gasteiger partial charge is 0.0984 e. The minimum atomic E-state index is 1.17. The van der Waals surface area contributed by atoms with E-state index >= 15 is 0 Å². The molecule has 0 heterocycles. The summed E-state index contributed by atoms with van der Waals surface area (Å²) in [5, 5.41) is 2.47. The fourth-order valence-electron chi connectivity index (χ4n) is 1.71. The zero-order valence-electron chi connectivity index (χ0n) is 8.03. The molecule has 0 aliphatic rings. The van der Waals surface area contributed by atoms with Gasteiger partial charge >= 0.3 is 0 Å². The van der Waals surface area contributed by atoms with Gasteiger partial charge in [-0.05, 0) is 21.9 Å². The van der Waals surface area contributed by atoms with E-state index in [4.69, 9.17) is 0 Å². The molecule has 0 N–H and O–H groups in total. The van der Waals surface area contributed by atoms with Gasteiger partial charge in [-0.3, -0.25) is 0 Å². The van der Waals surface area contributed by atoms with Crippen molar-refractivity contribution in [3.05, 3.63) is 60.7 Å². The van der Waals surface area contributed by atoms with Gasteiger partial charge < -0.3 is 0 Å². The van der Waals surface area contributed by atoms with Crippen molar-refractivity contribution in [1.82, 2.24) is 0 Å². The van der Waals surface area contributed by atoms with Gasteiger partial charge in [-0.15, -0.1) is 0 Å². The number of rotatable bonds is 2. The van der Waals surface area contributed by atoms with Crippen LogP contribution < -0.4 is 0 Å². The third-order valence-corrected chi connectivity index (χ3v) is 2.43. The minimum absolute atomic E-state index is 1.17. The van der Waals surface area contributed by atoms with E-state index in [1.807, 2.05) is 24.3 Å². The Kier molecular flexibility index (Phi) is 2.19. The Balaban J connectivity index is 2.90. The van der Waals surface area contributed by atoms with Crippen molar-refractivity contribution < 1.29 is 0 Å². The molecule has 0 saturated heterocycles. The van der Waals surface area contributed by atoms with Crippen LogP contribution in [-0.4, -0.2) is 0 Å². The topological polar surface area (TPSA) is 0 Å². The Morgan fingerprint density at radius 2 is 1.14 bits per heavy atom. The van der Waals surface area contributed by atoms with E-state index in [-0.39, 0.29) is 0 Å². The van der Waals surface area contributed by atoms with Crippen molar-refractivity contribution in [2.24, 2.45) is 0 Å². The van der Waals surface area contributed by atoms with Crippen molar-refractivity contribution in [3.63, 3.8) is 0 Å². The zero-order chi connectivity index (χ0) is 9.97. The minimum Gasteiger partial charge on any atom is -0.0984 e. The van der Waals surface area contributed by atoms with Crippen LogP contribution in [0.4, 0.5) is 0 Å². The van der Waals surface area contributed by atoms with Crippen molar-refractivity contribution >= 4 is 22.9 Å². The molecule has 0 atom stereocenters. The summed E-state index contributed by atoms with van der Waals surface area (Å²) in [5.41, 5.74) is 2.34. The molecule has 0 amide bonds. The smallest absolute Gasteiger partial charge is 0.0106 e. The number of hydrogen-bond acceptors (Lipinski definition) is 0. The first-order chi connectivity index (χ1) is 6.86. The molecular weight excluding hydrogens is 168 g/mol. The van der Waals surface area contributed by atoms with Gasteiger partial charge in [0.1, 0.15) is 0 Å². The van der Waals surface area contributed by atoms with Crippen LogP contribution in [0, 0.1) is 0 Å². The number of benzene rings is 2. The van der Waals surface area contributed by atoms with Crippen LogP contribution in [0.25, 0.3) is 22.9 Å². The highest BCUT2D eigenvalue weighted by molar-refractivity contribution is 5.95. The summed E-state index contributed by atoms with van der Waals surface area (Å²) in [6.45, 7) is 7.62.